The minimum Gasteiger partial charge on any atom is -0.347 e. The van der Waals surface area contributed by atoms with Gasteiger partial charge in [-0.05, 0) is 13.8 Å². The fourth-order valence-corrected chi connectivity index (χ4v) is 1.68. The van der Waals surface area contributed by atoms with Gasteiger partial charge in [0.05, 0.1) is 11.9 Å². The van der Waals surface area contributed by atoms with Crippen molar-refractivity contribution in [3.63, 3.8) is 0 Å². The van der Waals surface area contributed by atoms with Gasteiger partial charge in [0.1, 0.15) is 10.3 Å². The number of aromatic nitrogens is 4. The average Bonchev–Trinajstić information content (AvgIpc) is 2.58. The van der Waals surface area contributed by atoms with Crippen LogP contribution in [0.3, 0.4) is 0 Å². The molecule has 0 atom stereocenters. The molecule has 15 heavy (non-hydrogen) atoms. The predicted octanol–water partition coefficient (Wildman–Crippen LogP) is 2.16. The molecule has 0 aromatic carbocycles. The maximum Gasteiger partial charge on any atom is 0.130 e. The highest BCUT2D eigenvalue weighted by Crippen LogP contribution is 2.17. The Hall–Kier alpha value is -1.49. The summed E-state index contributed by atoms with van der Waals surface area (Å²) in [7, 11) is 1.87. The zero-order valence-electron chi connectivity index (χ0n) is 8.90. The van der Waals surface area contributed by atoms with Crippen LogP contribution in [0.4, 0.5) is 0 Å². The number of hydrogen-bond donors (Lipinski definition) is 1. The number of nitrogens with one attached hydrogen (secondary N) is 1. The van der Waals surface area contributed by atoms with Gasteiger partial charge in [0.25, 0.3) is 0 Å². The van der Waals surface area contributed by atoms with Crippen LogP contribution in [0.5, 0.6) is 0 Å². The van der Waals surface area contributed by atoms with E-state index in [9.17, 15) is 0 Å². The lowest BCUT2D eigenvalue weighted by Gasteiger charge is -2.02. The molecule has 0 saturated carbocycles. The first-order valence-electron chi connectivity index (χ1n) is 4.64. The van der Waals surface area contributed by atoms with Crippen molar-refractivity contribution in [3.8, 4) is 11.3 Å². The molecule has 1 N–H and O–H groups in total. The third kappa shape index (κ3) is 1.83. The van der Waals surface area contributed by atoms with E-state index >= 15 is 0 Å². The maximum absolute atomic E-state index is 5.24. The highest BCUT2D eigenvalue weighted by atomic mass is 32.1. The number of H-pyrrole nitrogens is 1. The summed E-state index contributed by atoms with van der Waals surface area (Å²) in [5.74, 6) is 0. The van der Waals surface area contributed by atoms with Gasteiger partial charge in [-0.2, -0.15) is 5.10 Å². The lowest BCUT2D eigenvalue weighted by Crippen LogP contribution is -1.95. The van der Waals surface area contributed by atoms with Crippen molar-refractivity contribution in [1.82, 2.24) is 19.7 Å². The quantitative estimate of drug-likeness (QED) is 0.749. The van der Waals surface area contributed by atoms with Crippen LogP contribution in [0.2, 0.25) is 0 Å². The van der Waals surface area contributed by atoms with Crippen molar-refractivity contribution in [1.29, 1.82) is 0 Å². The lowest BCUT2D eigenvalue weighted by molar-refractivity contribution is 0.768. The largest absolute Gasteiger partial charge is 0.347 e. The van der Waals surface area contributed by atoms with Crippen LogP contribution in [-0.4, -0.2) is 19.7 Å². The second-order valence-electron chi connectivity index (χ2n) is 3.53. The summed E-state index contributed by atoms with van der Waals surface area (Å²) >= 11 is 5.24. The number of aryl methyl sites for hydroxylation is 3. The minimum atomic E-state index is 0.658. The zero-order valence-corrected chi connectivity index (χ0v) is 9.72. The molecular weight excluding hydrogens is 208 g/mol. The summed E-state index contributed by atoms with van der Waals surface area (Å²) in [5.41, 5.74) is 3.71. The van der Waals surface area contributed by atoms with Gasteiger partial charge in [-0.25, -0.2) is 4.98 Å². The van der Waals surface area contributed by atoms with Gasteiger partial charge >= 0.3 is 0 Å². The van der Waals surface area contributed by atoms with Crippen LogP contribution in [-0.2, 0) is 7.05 Å². The molecule has 0 radical (unpaired) electrons. The molecule has 4 nitrogen and oxygen atoms in total. The molecule has 78 valence electrons. The van der Waals surface area contributed by atoms with Gasteiger partial charge in [0, 0.05) is 24.5 Å². The maximum atomic E-state index is 5.24. The molecule has 0 amide bonds. The third-order valence-electron chi connectivity index (χ3n) is 2.32. The van der Waals surface area contributed by atoms with E-state index in [1.807, 2.05) is 27.1 Å². The molecule has 0 aliphatic heterocycles. The highest BCUT2D eigenvalue weighted by Gasteiger charge is 2.06. The molecule has 0 fully saturated rings. The van der Waals surface area contributed by atoms with Gasteiger partial charge in [0.15, 0.2) is 0 Å². The van der Waals surface area contributed by atoms with Crippen molar-refractivity contribution in [2.45, 2.75) is 13.8 Å². The van der Waals surface area contributed by atoms with Crippen molar-refractivity contribution in [2.75, 3.05) is 0 Å². The summed E-state index contributed by atoms with van der Waals surface area (Å²) in [6.45, 7) is 3.92. The Morgan fingerprint density at radius 1 is 1.40 bits per heavy atom. The molecule has 2 rings (SSSR count). The van der Waals surface area contributed by atoms with E-state index in [0.717, 1.165) is 22.6 Å². The molecule has 2 aromatic rings. The Bertz CT molecular complexity index is 553. The predicted molar refractivity (Wildman–Crippen MR) is 61.1 cm³/mol. The molecule has 2 heterocycles. The van der Waals surface area contributed by atoms with Crippen molar-refractivity contribution in [2.24, 2.45) is 7.05 Å². The zero-order chi connectivity index (χ0) is 11.0. The van der Waals surface area contributed by atoms with Gasteiger partial charge in [-0.3, -0.25) is 4.68 Å². The molecule has 0 saturated heterocycles. The first kappa shape index (κ1) is 10.0. The van der Waals surface area contributed by atoms with Crippen LogP contribution in [0, 0.1) is 18.5 Å². The summed E-state index contributed by atoms with van der Waals surface area (Å²) in [6.07, 6.45) is 3.67. The number of rotatable bonds is 1. The average molecular weight is 220 g/mol. The summed E-state index contributed by atoms with van der Waals surface area (Å²) in [6, 6.07) is 0. The van der Waals surface area contributed by atoms with E-state index in [0.29, 0.717) is 4.64 Å². The molecule has 0 aliphatic carbocycles. The van der Waals surface area contributed by atoms with Crippen LogP contribution in [0.15, 0.2) is 12.4 Å². The second kappa shape index (κ2) is 3.58. The van der Waals surface area contributed by atoms with Crippen LogP contribution in [0.1, 0.15) is 11.4 Å². The molecule has 0 aliphatic rings. The normalized spacial score (nSPS) is 10.6. The highest BCUT2D eigenvalue weighted by molar-refractivity contribution is 7.71. The molecule has 0 unspecified atom stereocenters. The first-order chi connectivity index (χ1) is 7.08. The monoisotopic (exact) mass is 220 g/mol. The Morgan fingerprint density at radius 3 is 2.73 bits per heavy atom. The van der Waals surface area contributed by atoms with Gasteiger partial charge in [-0.1, -0.05) is 12.2 Å². The Labute approximate surface area is 93.0 Å². The van der Waals surface area contributed by atoms with E-state index < -0.39 is 0 Å². The molecule has 5 heteroatoms. The number of aromatic amines is 1. The molecular formula is C10H12N4S. The first-order valence-corrected chi connectivity index (χ1v) is 5.05. The van der Waals surface area contributed by atoms with Crippen LogP contribution in [0.25, 0.3) is 11.3 Å². The van der Waals surface area contributed by atoms with E-state index in [2.05, 4.69) is 15.1 Å². The SMILES string of the molecule is Cc1nc(-c2cnn(C)c2)c(=S)[nH]c1C. The van der Waals surface area contributed by atoms with Gasteiger partial charge in [0.2, 0.25) is 0 Å². The Balaban J connectivity index is 2.63. The summed E-state index contributed by atoms with van der Waals surface area (Å²) < 4.78 is 2.40. The van der Waals surface area contributed by atoms with Crippen molar-refractivity contribution >= 4 is 12.2 Å². The Morgan fingerprint density at radius 2 is 2.13 bits per heavy atom. The lowest BCUT2D eigenvalue weighted by atomic mass is 10.2. The second-order valence-corrected chi connectivity index (χ2v) is 3.94. The van der Waals surface area contributed by atoms with E-state index in [4.69, 9.17) is 12.2 Å². The number of hydrogen-bond acceptors (Lipinski definition) is 3. The molecule has 0 spiro atoms. The van der Waals surface area contributed by atoms with E-state index in [1.54, 1.807) is 10.9 Å². The third-order valence-corrected chi connectivity index (χ3v) is 2.61. The molecule has 0 bridgehead atoms. The Kier molecular flexibility index (Phi) is 2.40. The number of nitrogens with zero attached hydrogens (tertiary/aromatic N) is 3. The van der Waals surface area contributed by atoms with E-state index in [-0.39, 0.29) is 0 Å². The van der Waals surface area contributed by atoms with Gasteiger partial charge in [-0.15, -0.1) is 0 Å². The smallest absolute Gasteiger partial charge is 0.130 e. The van der Waals surface area contributed by atoms with Crippen molar-refractivity contribution in [3.05, 3.63) is 28.4 Å². The van der Waals surface area contributed by atoms with Gasteiger partial charge < -0.3 is 4.98 Å². The fourth-order valence-electron chi connectivity index (χ4n) is 1.36. The topological polar surface area (TPSA) is 46.5 Å². The minimum absolute atomic E-state index is 0.658. The van der Waals surface area contributed by atoms with Crippen LogP contribution < -0.4 is 0 Å². The van der Waals surface area contributed by atoms with E-state index in [1.165, 1.54) is 0 Å². The summed E-state index contributed by atoms with van der Waals surface area (Å²) in [5, 5.41) is 4.10. The van der Waals surface area contributed by atoms with Crippen LogP contribution >= 0.6 is 12.2 Å². The van der Waals surface area contributed by atoms with Crippen molar-refractivity contribution < 1.29 is 0 Å². The fraction of sp³-hybridized carbons (Fsp3) is 0.300. The molecule has 2 aromatic heterocycles. The standard InChI is InChI=1S/C10H12N4S/c1-6-7(2)13-10(15)9(12-6)8-4-11-14(3)5-8/h4-5H,1-3H3,(H,13,15). The summed E-state index contributed by atoms with van der Waals surface area (Å²) in [4.78, 5) is 7.60.